The summed E-state index contributed by atoms with van der Waals surface area (Å²) in [5.41, 5.74) is 2.56. The highest BCUT2D eigenvalue weighted by atomic mass is 32.2. The molecule has 6 nitrogen and oxygen atoms in total. The summed E-state index contributed by atoms with van der Waals surface area (Å²) in [5, 5.41) is 2.95. The molecule has 1 heterocycles. The Balaban J connectivity index is 1.60. The lowest BCUT2D eigenvalue weighted by Crippen LogP contribution is -2.15. The van der Waals surface area contributed by atoms with Crippen molar-refractivity contribution in [3.05, 3.63) is 48.3 Å². The smallest absolute Gasteiger partial charge is 0.234 e. The van der Waals surface area contributed by atoms with Crippen LogP contribution in [0.1, 0.15) is 18.0 Å². The first kappa shape index (κ1) is 18.1. The van der Waals surface area contributed by atoms with E-state index in [0.29, 0.717) is 22.9 Å². The molecule has 0 saturated heterocycles. The van der Waals surface area contributed by atoms with E-state index in [4.69, 9.17) is 9.47 Å². The molecule has 3 rings (SSSR count). The van der Waals surface area contributed by atoms with E-state index in [0.717, 1.165) is 16.9 Å². The largest absolute Gasteiger partial charge is 0.497 e. The van der Waals surface area contributed by atoms with E-state index in [1.165, 1.54) is 11.8 Å². The van der Waals surface area contributed by atoms with Gasteiger partial charge in [-0.15, -0.1) is 11.8 Å². The number of hydrogen-bond acceptors (Lipinski definition) is 5. The van der Waals surface area contributed by atoms with Crippen molar-refractivity contribution in [3.8, 4) is 11.5 Å². The number of benzene rings is 2. The monoisotopic (exact) mass is 371 g/mol. The quantitative estimate of drug-likeness (QED) is 0.656. The van der Waals surface area contributed by atoms with Gasteiger partial charge in [0.05, 0.1) is 41.9 Å². The molecule has 7 heteroatoms. The van der Waals surface area contributed by atoms with Gasteiger partial charge in [-0.25, -0.2) is 4.98 Å². The minimum absolute atomic E-state index is 0.0749. The summed E-state index contributed by atoms with van der Waals surface area (Å²) in [6.07, 6.45) is 0. The number of para-hydroxylation sites is 2. The number of imidazole rings is 1. The highest BCUT2D eigenvalue weighted by Crippen LogP contribution is 2.30. The second-order valence-corrected chi connectivity index (χ2v) is 7.04. The Hall–Kier alpha value is -2.67. The van der Waals surface area contributed by atoms with E-state index < -0.39 is 0 Å². The van der Waals surface area contributed by atoms with E-state index in [-0.39, 0.29) is 11.2 Å². The molecular weight excluding hydrogens is 350 g/mol. The van der Waals surface area contributed by atoms with Gasteiger partial charge in [-0.1, -0.05) is 12.1 Å². The molecule has 0 aliphatic heterocycles. The van der Waals surface area contributed by atoms with Crippen molar-refractivity contribution in [2.45, 2.75) is 12.2 Å². The Morgan fingerprint density at radius 2 is 2.04 bits per heavy atom. The van der Waals surface area contributed by atoms with Crippen LogP contribution < -0.4 is 14.8 Å². The predicted molar refractivity (Wildman–Crippen MR) is 105 cm³/mol. The van der Waals surface area contributed by atoms with E-state index in [2.05, 4.69) is 15.3 Å². The van der Waals surface area contributed by atoms with Gasteiger partial charge in [0.15, 0.2) is 0 Å². The number of anilines is 1. The van der Waals surface area contributed by atoms with Crippen molar-refractivity contribution < 1.29 is 14.3 Å². The zero-order chi connectivity index (χ0) is 18.5. The summed E-state index contributed by atoms with van der Waals surface area (Å²) in [6.45, 7) is 2.03. The van der Waals surface area contributed by atoms with Crippen LogP contribution in [0.25, 0.3) is 11.0 Å². The molecule has 0 bridgehead atoms. The third-order valence-corrected chi connectivity index (χ3v) is 5.09. The minimum atomic E-state index is -0.0959. The first-order valence-corrected chi connectivity index (χ1v) is 9.23. The van der Waals surface area contributed by atoms with Crippen LogP contribution in [0.3, 0.4) is 0 Å². The number of aromatic nitrogens is 2. The molecule has 1 amide bonds. The number of nitrogens with zero attached hydrogens (tertiary/aromatic N) is 1. The fourth-order valence-electron chi connectivity index (χ4n) is 2.53. The third kappa shape index (κ3) is 4.11. The van der Waals surface area contributed by atoms with E-state index in [9.17, 15) is 4.79 Å². The average Bonchev–Trinajstić information content (AvgIpc) is 3.10. The predicted octanol–water partition coefficient (Wildman–Crippen LogP) is 4.01. The van der Waals surface area contributed by atoms with Gasteiger partial charge in [-0.05, 0) is 31.2 Å². The van der Waals surface area contributed by atoms with Crippen molar-refractivity contribution in [1.82, 2.24) is 9.97 Å². The van der Waals surface area contributed by atoms with Gasteiger partial charge >= 0.3 is 0 Å². The van der Waals surface area contributed by atoms with Gasteiger partial charge in [0.2, 0.25) is 5.91 Å². The van der Waals surface area contributed by atoms with E-state index in [1.807, 2.05) is 31.2 Å². The Bertz CT molecular complexity index is 877. The normalized spacial score (nSPS) is 12.0. The maximum absolute atomic E-state index is 12.3. The van der Waals surface area contributed by atoms with Crippen molar-refractivity contribution >= 4 is 34.4 Å². The minimum Gasteiger partial charge on any atom is -0.497 e. The molecule has 26 heavy (non-hydrogen) atoms. The highest BCUT2D eigenvalue weighted by Gasteiger charge is 2.14. The lowest BCUT2D eigenvalue weighted by molar-refractivity contribution is -0.113. The average molecular weight is 371 g/mol. The fraction of sp³-hybridized carbons (Fsp3) is 0.263. The van der Waals surface area contributed by atoms with Gasteiger partial charge in [-0.3, -0.25) is 4.79 Å². The van der Waals surface area contributed by atoms with Gasteiger partial charge in [0.1, 0.15) is 17.3 Å². The van der Waals surface area contributed by atoms with Crippen LogP contribution in [0.4, 0.5) is 5.69 Å². The van der Waals surface area contributed by atoms with Crippen LogP contribution in [0.15, 0.2) is 42.5 Å². The lowest BCUT2D eigenvalue weighted by atomic mass is 10.2. The summed E-state index contributed by atoms with van der Waals surface area (Å²) < 4.78 is 10.5. The number of carbonyl (C=O) groups excluding carboxylic acids is 1. The first-order valence-electron chi connectivity index (χ1n) is 8.19. The summed E-state index contributed by atoms with van der Waals surface area (Å²) in [7, 11) is 3.14. The number of amides is 1. The number of methoxy groups -OCH3 is 2. The Kier molecular flexibility index (Phi) is 5.68. The number of thioether (sulfide) groups is 1. The second-order valence-electron chi connectivity index (χ2n) is 5.71. The van der Waals surface area contributed by atoms with Gasteiger partial charge in [0, 0.05) is 6.07 Å². The first-order chi connectivity index (χ1) is 12.6. The molecule has 0 aliphatic carbocycles. The summed E-state index contributed by atoms with van der Waals surface area (Å²) in [5.74, 6) is 2.32. The summed E-state index contributed by atoms with van der Waals surface area (Å²) in [4.78, 5) is 20.2. The fourth-order valence-corrected chi connectivity index (χ4v) is 3.28. The molecule has 0 aliphatic rings. The third-order valence-electron chi connectivity index (χ3n) is 3.94. The Morgan fingerprint density at radius 3 is 2.77 bits per heavy atom. The number of aromatic amines is 1. The maximum atomic E-state index is 12.3. The molecule has 1 aromatic heterocycles. The number of ether oxygens (including phenoxy) is 2. The van der Waals surface area contributed by atoms with Crippen molar-refractivity contribution in [2.75, 3.05) is 25.3 Å². The number of H-pyrrole nitrogens is 1. The topological polar surface area (TPSA) is 76.2 Å². The van der Waals surface area contributed by atoms with Crippen LogP contribution >= 0.6 is 11.8 Å². The maximum Gasteiger partial charge on any atom is 0.234 e. The zero-order valence-corrected chi connectivity index (χ0v) is 15.7. The summed E-state index contributed by atoms with van der Waals surface area (Å²) in [6, 6.07) is 13.2. The molecule has 0 unspecified atom stereocenters. The van der Waals surface area contributed by atoms with Crippen LogP contribution in [-0.4, -0.2) is 35.8 Å². The van der Waals surface area contributed by atoms with Crippen LogP contribution in [0.5, 0.6) is 11.5 Å². The van der Waals surface area contributed by atoms with E-state index >= 15 is 0 Å². The molecular formula is C19H21N3O3S. The summed E-state index contributed by atoms with van der Waals surface area (Å²) >= 11 is 1.52. The number of fused-ring (bicyclic) bond motifs is 1. The Labute approximate surface area is 156 Å². The van der Waals surface area contributed by atoms with Crippen molar-refractivity contribution in [2.24, 2.45) is 0 Å². The molecule has 136 valence electrons. The van der Waals surface area contributed by atoms with Crippen LogP contribution in [0.2, 0.25) is 0 Å². The van der Waals surface area contributed by atoms with Crippen LogP contribution in [-0.2, 0) is 4.79 Å². The highest BCUT2D eigenvalue weighted by molar-refractivity contribution is 8.00. The molecule has 1 atom stereocenters. The number of nitrogens with one attached hydrogen (secondary N) is 2. The molecule has 0 radical (unpaired) electrons. The standard InChI is InChI=1S/C19H21N3O3S/c1-12(19-21-14-6-4-5-7-15(14)22-19)26-11-18(23)20-16-9-8-13(24-2)10-17(16)25-3/h4-10,12H,11H2,1-3H3,(H,20,23)(H,21,22)/t12-/m1/s1. The molecule has 0 saturated carbocycles. The van der Waals surface area contributed by atoms with Crippen molar-refractivity contribution in [1.29, 1.82) is 0 Å². The van der Waals surface area contributed by atoms with E-state index in [1.54, 1.807) is 32.4 Å². The Morgan fingerprint density at radius 1 is 1.23 bits per heavy atom. The molecule has 0 fully saturated rings. The van der Waals surface area contributed by atoms with Gasteiger partial charge < -0.3 is 19.8 Å². The molecule has 2 aromatic carbocycles. The second kappa shape index (κ2) is 8.14. The van der Waals surface area contributed by atoms with Gasteiger partial charge in [-0.2, -0.15) is 0 Å². The number of hydrogen-bond donors (Lipinski definition) is 2. The van der Waals surface area contributed by atoms with Gasteiger partial charge in [0.25, 0.3) is 0 Å². The zero-order valence-electron chi connectivity index (χ0n) is 14.9. The number of carbonyl (C=O) groups is 1. The molecule has 0 spiro atoms. The van der Waals surface area contributed by atoms with Crippen molar-refractivity contribution in [3.63, 3.8) is 0 Å². The molecule has 2 N–H and O–H groups in total. The number of rotatable bonds is 7. The SMILES string of the molecule is COc1ccc(NC(=O)CS[C@H](C)c2nc3ccccc3[nH]2)c(OC)c1. The molecule has 3 aromatic rings. The van der Waals surface area contributed by atoms with Crippen LogP contribution in [0, 0.1) is 0 Å². The lowest BCUT2D eigenvalue weighted by Gasteiger charge is -2.12.